The molecular formula is C26H42N4O12S2. The third-order valence-corrected chi connectivity index (χ3v) is 12.3. The standard InChI is InChI=1S/C26H42N4O12S2/c1-10-18(35)20(37)13(8-31)41-23(10)28-15(33)6-17-30-5-3-4-12(30)22(39)26(25(27)40,44-43-17)7-16(34)29-24-11(2)19(36)21(38)14(9-32)42-24/h10-14,17-21,23-24,31-32,35-38H,3-9H2,1-2H3,(H2,27,40)(H,28,33)(H,29,34)/t10?,11?,12-,13?,14?,17?,18+,19+,20+,21+,23+,24+,26?/m0/s1. The van der Waals surface area contributed by atoms with E-state index < -0.39 is 120 Å². The van der Waals surface area contributed by atoms with Gasteiger partial charge in [0.1, 0.15) is 36.9 Å². The van der Waals surface area contributed by atoms with Gasteiger partial charge in [-0.05, 0) is 12.8 Å². The lowest BCUT2D eigenvalue weighted by atomic mass is 9.89. The number of carbonyl (C=O) groups is 4. The Kier molecular flexibility index (Phi) is 11.6. The maximum atomic E-state index is 13.9. The summed E-state index contributed by atoms with van der Waals surface area (Å²) in [5, 5.41) is 64.4. The molecule has 18 heteroatoms. The largest absolute Gasteiger partial charge is 0.394 e. The van der Waals surface area contributed by atoms with Gasteiger partial charge >= 0.3 is 0 Å². The van der Waals surface area contributed by atoms with Gasteiger partial charge in [-0.15, -0.1) is 0 Å². The van der Waals surface area contributed by atoms with Gasteiger partial charge in [-0.25, -0.2) is 0 Å². The van der Waals surface area contributed by atoms with Crippen LogP contribution in [0.4, 0.5) is 0 Å². The average molecular weight is 667 g/mol. The number of hydrogen-bond donors (Lipinski definition) is 9. The molecule has 10 N–H and O–H groups in total. The Hall–Kier alpha value is -1.58. The highest BCUT2D eigenvalue weighted by Gasteiger charge is 2.56. The quantitative estimate of drug-likeness (QED) is 0.0842. The van der Waals surface area contributed by atoms with E-state index in [9.17, 15) is 49.8 Å². The van der Waals surface area contributed by atoms with Crippen LogP contribution in [0.5, 0.6) is 0 Å². The zero-order chi connectivity index (χ0) is 32.5. The molecule has 3 amide bonds. The number of aliphatic hydroxyl groups is 6. The van der Waals surface area contributed by atoms with Crippen LogP contribution in [0.1, 0.15) is 39.5 Å². The molecule has 0 aromatic heterocycles. The van der Waals surface area contributed by atoms with Crippen LogP contribution in [0.2, 0.25) is 0 Å². The Morgan fingerprint density at radius 2 is 1.45 bits per heavy atom. The molecule has 0 saturated carbocycles. The molecular weight excluding hydrogens is 624 g/mol. The molecule has 44 heavy (non-hydrogen) atoms. The van der Waals surface area contributed by atoms with Gasteiger partial charge in [0.2, 0.25) is 17.7 Å². The molecule has 4 rings (SSSR count). The zero-order valence-corrected chi connectivity index (χ0v) is 26.0. The number of aliphatic hydroxyl groups excluding tert-OH is 6. The van der Waals surface area contributed by atoms with Crippen molar-refractivity contribution >= 4 is 45.1 Å². The number of rotatable bonds is 9. The Labute approximate surface area is 261 Å². The molecule has 0 bridgehead atoms. The highest BCUT2D eigenvalue weighted by atomic mass is 33.1. The molecule has 0 aromatic carbocycles. The minimum atomic E-state index is -1.99. The zero-order valence-electron chi connectivity index (χ0n) is 24.4. The van der Waals surface area contributed by atoms with Crippen molar-refractivity contribution < 1.29 is 59.3 Å². The van der Waals surface area contributed by atoms with Crippen molar-refractivity contribution in [2.24, 2.45) is 17.6 Å². The van der Waals surface area contributed by atoms with Crippen LogP contribution in [0.25, 0.3) is 0 Å². The number of hydrogen-bond acceptors (Lipinski definition) is 15. The van der Waals surface area contributed by atoms with Gasteiger partial charge in [0, 0.05) is 18.4 Å². The van der Waals surface area contributed by atoms with Gasteiger partial charge in [-0.3, -0.25) is 24.1 Å². The predicted octanol–water partition coefficient (Wildman–Crippen LogP) is -3.87. The van der Waals surface area contributed by atoms with Crippen molar-refractivity contribution in [3.63, 3.8) is 0 Å². The molecule has 4 saturated heterocycles. The van der Waals surface area contributed by atoms with Crippen LogP contribution in [0.3, 0.4) is 0 Å². The number of nitrogens with one attached hydrogen (secondary N) is 2. The van der Waals surface area contributed by atoms with Crippen LogP contribution in [-0.2, 0) is 28.7 Å². The molecule has 0 aromatic rings. The van der Waals surface area contributed by atoms with Crippen LogP contribution in [0.15, 0.2) is 0 Å². The molecule has 250 valence electrons. The van der Waals surface area contributed by atoms with E-state index in [1.165, 1.54) is 6.92 Å². The smallest absolute Gasteiger partial charge is 0.242 e. The van der Waals surface area contributed by atoms with E-state index in [0.717, 1.165) is 21.6 Å². The van der Waals surface area contributed by atoms with Crippen molar-refractivity contribution in [2.75, 3.05) is 19.8 Å². The van der Waals surface area contributed by atoms with E-state index in [2.05, 4.69) is 10.6 Å². The highest BCUT2D eigenvalue weighted by Crippen LogP contribution is 2.50. The van der Waals surface area contributed by atoms with E-state index in [1.807, 2.05) is 0 Å². The normalized spacial score (nSPS) is 43.1. The molecule has 13 atom stereocenters. The van der Waals surface area contributed by atoms with Gasteiger partial charge in [0.15, 0.2) is 10.5 Å². The van der Waals surface area contributed by atoms with Gasteiger partial charge in [-0.2, -0.15) is 0 Å². The van der Waals surface area contributed by atoms with Gasteiger partial charge in [-0.1, -0.05) is 35.4 Å². The lowest BCUT2D eigenvalue weighted by molar-refractivity contribution is -0.213. The molecule has 16 nitrogen and oxygen atoms in total. The van der Waals surface area contributed by atoms with Crippen LogP contribution >= 0.6 is 21.6 Å². The molecule has 4 aliphatic rings. The monoisotopic (exact) mass is 666 g/mol. The Morgan fingerprint density at radius 1 is 0.932 bits per heavy atom. The first-order valence-electron chi connectivity index (χ1n) is 14.5. The van der Waals surface area contributed by atoms with Gasteiger partial charge in [0.25, 0.3) is 0 Å². The first kappa shape index (κ1) is 35.3. The number of ether oxygens (including phenoxy) is 2. The molecule has 4 heterocycles. The highest BCUT2D eigenvalue weighted by molar-refractivity contribution is 8.77. The average Bonchev–Trinajstić information content (AvgIpc) is 3.44. The fourth-order valence-corrected chi connectivity index (χ4v) is 9.47. The van der Waals surface area contributed by atoms with Gasteiger partial charge in [0.05, 0.1) is 49.7 Å². The maximum absolute atomic E-state index is 13.9. The molecule has 0 radical (unpaired) electrons. The summed E-state index contributed by atoms with van der Waals surface area (Å²) in [4.78, 5) is 55.1. The fourth-order valence-electron chi connectivity index (χ4n) is 6.09. The van der Waals surface area contributed by atoms with E-state index in [0.29, 0.717) is 19.4 Å². The molecule has 6 unspecified atom stereocenters. The van der Waals surface area contributed by atoms with Gasteiger partial charge < -0.3 is 56.5 Å². The number of Topliss-reactive ketones (excluding diaryl/α,β-unsaturated/α-hetero) is 1. The molecule has 4 fully saturated rings. The Bertz CT molecular complexity index is 1090. The SMILES string of the molecule is CC1[C@H](NC(=O)CC2SSC(CC(=O)N[C@@H]3OC(CO)[C@@H](O)[C@H](O)C3C)(C(N)=O)C(=O)[C@@H]3CCCN23)OC(CO)[C@@H](O)[C@@H]1O. The molecule has 4 aliphatic heterocycles. The van der Waals surface area contributed by atoms with Crippen LogP contribution < -0.4 is 16.4 Å². The van der Waals surface area contributed by atoms with Crippen molar-refractivity contribution in [2.45, 2.75) is 105 Å². The number of primary amides is 1. The summed E-state index contributed by atoms with van der Waals surface area (Å²) in [7, 11) is 1.87. The van der Waals surface area contributed by atoms with E-state index in [-0.39, 0.29) is 6.42 Å². The van der Waals surface area contributed by atoms with E-state index >= 15 is 0 Å². The van der Waals surface area contributed by atoms with Crippen molar-refractivity contribution in [1.82, 2.24) is 15.5 Å². The Morgan fingerprint density at radius 3 is 1.95 bits per heavy atom. The van der Waals surface area contributed by atoms with Crippen LogP contribution in [0, 0.1) is 11.8 Å². The predicted molar refractivity (Wildman–Crippen MR) is 155 cm³/mol. The Balaban J connectivity index is 1.47. The van der Waals surface area contributed by atoms with Crippen molar-refractivity contribution in [3.8, 4) is 0 Å². The third kappa shape index (κ3) is 6.90. The van der Waals surface area contributed by atoms with Crippen molar-refractivity contribution in [1.29, 1.82) is 0 Å². The summed E-state index contributed by atoms with van der Waals surface area (Å²) in [5.41, 5.74) is 5.78. The summed E-state index contributed by atoms with van der Waals surface area (Å²) in [6, 6.07) is -0.795. The third-order valence-electron chi connectivity index (χ3n) is 8.94. The van der Waals surface area contributed by atoms with Crippen molar-refractivity contribution in [3.05, 3.63) is 0 Å². The number of ketones is 1. The molecule has 0 spiro atoms. The maximum Gasteiger partial charge on any atom is 0.242 e. The lowest BCUT2D eigenvalue weighted by Crippen LogP contribution is -2.61. The fraction of sp³-hybridized carbons (Fsp3) is 0.846. The molecule has 0 aliphatic carbocycles. The minimum absolute atomic E-state index is 0.145. The summed E-state index contributed by atoms with van der Waals surface area (Å²) in [6.07, 6.45) is -9.46. The topological polar surface area (TPSA) is 261 Å². The number of nitrogens with two attached hydrogens (primary N) is 1. The number of carbonyl (C=O) groups excluding carboxylic acids is 4. The summed E-state index contributed by atoms with van der Waals surface area (Å²) < 4.78 is 9.15. The second-order valence-electron chi connectivity index (χ2n) is 11.8. The summed E-state index contributed by atoms with van der Waals surface area (Å²) >= 11 is 0. The minimum Gasteiger partial charge on any atom is -0.394 e. The number of nitrogens with zero attached hydrogens (tertiary/aromatic N) is 1. The second kappa shape index (κ2) is 14.5. The summed E-state index contributed by atoms with van der Waals surface area (Å²) in [6.45, 7) is 2.37. The lowest BCUT2D eigenvalue weighted by Gasteiger charge is -2.41. The first-order chi connectivity index (χ1) is 20.7. The number of fused-ring (bicyclic) bond motifs is 1. The first-order valence-corrected chi connectivity index (χ1v) is 16.7. The van der Waals surface area contributed by atoms with Crippen LogP contribution in [-0.4, -0.2) is 144 Å². The summed E-state index contributed by atoms with van der Waals surface area (Å²) in [5.74, 6) is -4.33. The van der Waals surface area contributed by atoms with E-state index in [4.69, 9.17) is 15.2 Å². The number of amides is 3. The van der Waals surface area contributed by atoms with E-state index in [1.54, 1.807) is 11.8 Å². The second-order valence-corrected chi connectivity index (χ2v) is 14.5.